The highest BCUT2D eigenvalue weighted by atomic mass is 16.5. The summed E-state index contributed by atoms with van der Waals surface area (Å²) in [5.74, 6) is 0.188. The van der Waals surface area contributed by atoms with Gasteiger partial charge in [0.2, 0.25) is 5.91 Å². The molecule has 0 atom stereocenters. The molecule has 4 nitrogen and oxygen atoms in total. The third kappa shape index (κ3) is 0.881. The van der Waals surface area contributed by atoms with Crippen molar-refractivity contribution in [2.45, 2.75) is 25.6 Å². The number of carbonyl (C=O) groups is 1. The van der Waals surface area contributed by atoms with Crippen LogP contribution in [0.3, 0.4) is 0 Å². The normalized spacial score (nSPS) is 26.9. The summed E-state index contributed by atoms with van der Waals surface area (Å²) in [5, 5.41) is 3.20. The molecule has 1 amide bonds. The number of hydrogen-bond donors (Lipinski definition) is 1. The first-order valence-corrected chi connectivity index (χ1v) is 4.31. The van der Waals surface area contributed by atoms with Gasteiger partial charge in [-0.15, -0.1) is 0 Å². The molecule has 2 rings (SSSR count). The first kappa shape index (κ1) is 8.01. The van der Waals surface area contributed by atoms with E-state index in [0.717, 1.165) is 0 Å². The minimum Gasteiger partial charge on any atom is -0.374 e. The summed E-state index contributed by atoms with van der Waals surface area (Å²) < 4.78 is 5.13. The minimum absolute atomic E-state index is 0.161. The van der Waals surface area contributed by atoms with E-state index in [9.17, 15) is 4.79 Å². The van der Waals surface area contributed by atoms with E-state index >= 15 is 0 Å². The lowest BCUT2D eigenvalue weighted by Gasteiger charge is -2.46. The number of carbonyl (C=O) groups excluding carboxylic acids is 1. The van der Waals surface area contributed by atoms with Gasteiger partial charge < -0.3 is 9.64 Å². The first-order chi connectivity index (χ1) is 5.66. The Bertz CT molecular complexity index is 211. The molecular weight excluding hydrogens is 156 g/mol. The monoisotopic (exact) mass is 170 g/mol. The molecule has 0 aromatic carbocycles. The van der Waals surface area contributed by atoms with Crippen LogP contribution in [0.15, 0.2) is 0 Å². The number of nitrogens with zero attached hydrogens (tertiary/aromatic N) is 1. The van der Waals surface area contributed by atoms with Gasteiger partial charge in [0.25, 0.3) is 0 Å². The summed E-state index contributed by atoms with van der Waals surface area (Å²) >= 11 is 0. The SMILES string of the molecule is CC(C)N1C(=O)CNC12COC2. The smallest absolute Gasteiger partial charge is 0.238 e. The molecule has 0 unspecified atom stereocenters. The molecule has 1 spiro atoms. The molecule has 2 aliphatic heterocycles. The third-order valence-electron chi connectivity index (χ3n) is 2.50. The van der Waals surface area contributed by atoms with Gasteiger partial charge in [-0.1, -0.05) is 0 Å². The third-order valence-corrected chi connectivity index (χ3v) is 2.50. The molecule has 2 fully saturated rings. The van der Waals surface area contributed by atoms with Gasteiger partial charge in [0, 0.05) is 6.04 Å². The van der Waals surface area contributed by atoms with Gasteiger partial charge in [-0.2, -0.15) is 0 Å². The van der Waals surface area contributed by atoms with Crippen molar-refractivity contribution in [3.05, 3.63) is 0 Å². The number of amides is 1. The van der Waals surface area contributed by atoms with E-state index in [4.69, 9.17) is 4.74 Å². The molecule has 0 aromatic rings. The van der Waals surface area contributed by atoms with Crippen LogP contribution in [0.1, 0.15) is 13.8 Å². The van der Waals surface area contributed by atoms with Crippen LogP contribution in [0.4, 0.5) is 0 Å². The van der Waals surface area contributed by atoms with Crippen LogP contribution in [0, 0.1) is 0 Å². The van der Waals surface area contributed by atoms with E-state index in [1.165, 1.54) is 0 Å². The van der Waals surface area contributed by atoms with Crippen LogP contribution in [0.5, 0.6) is 0 Å². The van der Waals surface area contributed by atoms with Crippen molar-refractivity contribution in [2.24, 2.45) is 0 Å². The molecular formula is C8H14N2O2. The van der Waals surface area contributed by atoms with Gasteiger partial charge in [-0.3, -0.25) is 10.1 Å². The van der Waals surface area contributed by atoms with Crippen molar-refractivity contribution in [1.82, 2.24) is 10.2 Å². The largest absolute Gasteiger partial charge is 0.374 e. The Morgan fingerprint density at radius 3 is 2.58 bits per heavy atom. The number of hydrogen-bond acceptors (Lipinski definition) is 3. The Morgan fingerprint density at radius 1 is 1.58 bits per heavy atom. The quantitative estimate of drug-likeness (QED) is 0.579. The topological polar surface area (TPSA) is 41.6 Å². The maximum Gasteiger partial charge on any atom is 0.238 e. The molecule has 2 aliphatic rings. The molecule has 0 saturated carbocycles. The lowest BCUT2D eigenvalue weighted by Crippen LogP contribution is -2.67. The van der Waals surface area contributed by atoms with Crippen LogP contribution in [0.25, 0.3) is 0 Å². The van der Waals surface area contributed by atoms with Crippen LogP contribution in [0.2, 0.25) is 0 Å². The van der Waals surface area contributed by atoms with Crippen molar-refractivity contribution in [1.29, 1.82) is 0 Å². The minimum atomic E-state index is -0.161. The van der Waals surface area contributed by atoms with E-state index in [2.05, 4.69) is 5.32 Å². The molecule has 2 saturated heterocycles. The second-order valence-corrected chi connectivity index (χ2v) is 3.74. The zero-order valence-electron chi connectivity index (χ0n) is 7.46. The van der Waals surface area contributed by atoms with Crippen molar-refractivity contribution in [3.63, 3.8) is 0 Å². The van der Waals surface area contributed by atoms with Gasteiger partial charge in [0.1, 0.15) is 5.66 Å². The van der Waals surface area contributed by atoms with Crippen molar-refractivity contribution in [2.75, 3.05) is 19.8 Å². The Balaban J connectivity index is 2.19. The predicted octanol–water partition coefficient (Wildman–Crippen LogP) is -0.447. The summed E-state index contributed by atoms with van der Waals surface area (Å²) in [6.45, 7) is 5.80. The predicted molar refractivity (Wildman–Crippen MR) is 43.5 cm³/mol. The fourth-order valence-electron chi connectivity index (χ4n) is 1.97. The average Bonchev–Trinajstić information content (AvgIpc) is 2.25. The second-order valence-electron chi connectivity index (χ2n) is 3.74. The van der Waals surface area contributed by atoms with Gasteiger partial charge >= 0.3 is 0 Å². The zero-order chi connectivity index (χ0) is 8.77. The maximum absolute atomic E-state index is 11.4. The van der Waals surface area contributed by atoms with Crippen LogP contribution in [-0.4, -0.2) is 42.3 Å². The highest BCUT2D eigenvalue weighted by molar-refractivity contribution is 5.82. The lowest BCUT2D eigenvalue weighted by molar-refractivity contribution is -0.162. The molecule has 0 aromatic heterocycles. The first-order valence-electron chi connectivity index (χ1n) is 4.31. The van der Waals surface area contributed by atoms with Crippen molar-refractivity contribution < 1.29 is 9.53 Å². The van der Waals surface area contributed by atoms with Crippen LogP contribution >= 0.6 is 0 Å². The molecule has 4 heteroatoms. The molecule has 0 radical (unpaired) electrons. The van der Waals surface area contributed by atoms with Crippen molar-refractivity contribution >= 4 is 5.91 Å². The molecule has 68 valence electrons. The van der Waals surface area contributed by atoms with Gasteiger partial charge in [-0.05, 0) is 13.8 Å². The number of rotatable bonds is 1. The zero-order valence-corrected chi connectivity index (χ0v) is 7.46. The fourth-order valence-corrected chi connectivity index (χ4v) is 1.97. The Labute approximate surface area is 71.9 Å². The molecule has 1 N–H and O–H groups in total. The van der Waals surface area contributed by atoms with Crippen LogP contribution in [-0.2, 0) is 9.53 Å². The van der Waals surface area contributed by atoms with E-state index in [0.29, 0.717) is 19.8 Å². The summed E-state index contributed by atoms with van der Waals surface area (Å²) in [6.07, 6.45) is 0. The Morgan fingerprint density at radius 2 is 2.25 bits per heavy atom. The fraction of sp³-hybridized carbons (Fsp3) is 0.875. The van der Waals surface area contributed by atoms with E-state index < -0.39 is 0 Å². The molecule has 0 aliphatic carbocycles. The summed E-state index contributed by atoms with van der Waals surface area (Å²) in [7, 11) is 0. The Kier molecular flexibility index (Phi) is 1.63. The van der Waals surface area contributed by atoms with Gasteiger partial charge in [-0.25, -0.2) is 0 Å². The molecule has 2 heterocycles. The number of nitrogens with one attached hydrogen (secondary N) is 1. The van der Waals surface area contributed by atoms with E-state index in [-0.39, 0.29) is 17.6 Å². The van der Waals surface area contributed by atoms with Crippen molar-refractivity contribution in [3.8, 4) is 0 Å². The van der Waals surface area contributed by atoms with Crippen LogP contribution < -0.4 is 5.32 Å². The average molecular weight is 170 g/mol. The van der Waals surface area contributed by atoms with E-state index in [1.54, 1.807) is 0 Å². The maximum atomic E-state index is 11.4. The summed E-state index contributed by atoms with van der Waals surface area (Å²) in [4.78, 5) is 13.3. The number of ether oxygens (including phenoxy) is 1. The summed E-state index contributed by atoms with van der Waals surface area (Å²) in [6, 6.07) is 0.261. The van der Waals surface area contributed by atoms with E-state index in [1.807, 2.05) is 18.7 Å². The highest BCUT2D eigenvalue weighted by Crippen LogP contribution is 2.28. The van der Waals surface area contributed by atoms with Gasteiger partial charge in [0.15, 0.2) is 0 Å². The molecule has 12 heavy (non-hydrogen) atoms. The molecule has 0 bridgehead atoms. The highest BCUT2D eigenvalue weighted by Gasteiger charge is 2.51. The summed E-state index contributed by atoms with van der Waals surface area (Å²) in [5.41, 5.74) is -0.161. The second kappa shape index (κ2) is 2.44. The van der Waals surface area contributed by atoms with Gasteiger partial charge in [0.05, 0.1) is 19.8 Å². The lowest BCUT2D eigenvalue weighted by atomic mass is 10.1. The Hall–Kier alpha value is -0.610. The standard InChI is InChI=1S/C8H14N2O2/c1-6(2)10-7(11)3-9-8(10)4-12-5-8/h6,9H,3-5H2,1-2H3.